The summed E-state index contributed by atoms with van der Waals surface area (Å²) in [5, 5.41) is 0. The van der Waals surface area contributed by atoms with E-state index in [1.165, 1.54) is 6.92 Å². The summed E-state index contributed by atoms with van der Waals surface area (Å²) in [5.41, 5.74) is -4.09. The van der Waals surface area contributed by atoms with E-state index in [1.54, 1.807) is 0 Å². The van der Waals surface area contributed by atoms with E-state index in [1.807, 2.05) is 0 Å². The molecule has 0 bridgehead atoms. The normalized spacial score (nSPS) is 12.0. The molecule has 4 rings (SSSR count). The molecule has 0 saturated heterocycles. The van der Waals surface area contributed by atoms with Crippen LogP contribution in [0.3, 0.4) is 0 Å². The number of hydrogen-bond acceptors (Lipinski definition) is 2. The van der Waals surface area contributed by atoms with Crippen LogP contribution in [0.4, 0.5) is 48.3 Å². The van der Waals surface area contributed by atoms with Crippen molar-refractivity contribution < 1.29 is 57.8 Å². The predicted molar refractivity (Wildman–Crippen MR) is 119 cm³/mol. The molecule has 4 aromatic carbocycles. The zero-order valence-electron chi connectivity index (χ0n) is 19.7. The van der Waals surface area contributed by atoms with Crippen LogP contribution in [0.5, 0.6) is 11.5 Å². The molecule has 0 amide bonds. The van der Waals surface area contributed by atoms with Gasteiger partial charge in [-0.2, -0.15) is 8.78 Å². The molecule has 40 heavy (non-hydrogen) atoms. The monoisotopic (exact) mass is 578 g/mol. The number of halogens is 11. The minimum absolute atomic E-state index is 0.159. The van der Waals surface area contributed by atoms with E-state index in [0.717, 1.165) is 30.3 Å². The number of ether oxygens (including phenoxy) is 2. The van der Waals surface area contributed by atoms with Gasteiger partial charge in [-0.25, -0.2) is 26.3 Å². The predicted octanol–water partition coefficient (Wildman–Crippen LogP) is 9.19. The molecule has 0 aliphatic carbocycles. The maximum atomic E-state index is 14.8. The van der Waals surface area contributed by atoms with Crippen molar-refractivity contribution in [2.75, 3.05) is 0 Å². The highest BCUT2D eigenvalue weighted by atomic mass is 19.4. The number of hydrogen-bond donors (Lipinski definition) is 0. The molecular formula is C27H13F11O2. The Labute approximate surface area is 218 Å². The van der Waals surface area contributed by atoms with E-state index in [9.17, 15) is 48.3 Å². The summed E-state index contributed by atoms with van der Waals surface area (Å²) in [6.45, 7) is 1.36. The minimum Gasteiger partial charge on any atom is -0.429 e. The van der Waals surface area contributed by atoms with E-state index < -0.39 is 81.1 Å². The molecule has 0 N–H and O–H groups in total. The SMILES string of the molecule is Cc1cc(F)c(-c2cc(F)c(C(F)(F)Oc3ccc(-c4ccc(OC(F)(F)F)c(F)c4)c(F)c3)c(F)c2)c(F)c1. The average molecular weight is 578 g/mol. The van der Waals surface area contributed by atoms with E-state index in [-0.39, 0.29) is 23.3 Å². The molecule has 0 unspecified atom stereocenters. The molecule has 2 nitrogen and oxygen atoms in total. The van der Waals surface area contributed by atoms with Gasteiger partial charge in [-0.3, -0.25) is 0 Å². The Balaban J connectivity index is 1.62. The van der Waals surface area contributed by atoms with Crippen LogP contribution in [0, 0.1) is 41.8 Å². The summed E-state index contributed by atoms with van der Waals surface area (Å²) in [5.74, 6) is -11.2. The largest absolute Gasteiger partial charge is 0.573 e. The topological polar surface area (TPSA) is 18.5 Å². The van der Waals surface area contributed by atoms with Crippen LogP contribution in [0.25, 0.3) is 22.3 Å². The standard InChI is InChI=1S/C27H13F11O2/c1-12-6-19(30)24(20(31)7-12)14-9-21(32)25(22(33)10-14)26(34,35)39-15-3-4-16(17(28)11-15)13-2-5-23(18(29)8-13)40-27(36,37)38/h2-11H,1H3. The average Bonchev–Trinajstić information content (AvgIpc) is 2.78. The molecule has 0 aromatic heterocycles. The van der Waals surface area contributed by atoms with Crippen molar-refractivity contribution in [2.45, 2.75) is 19.4 Å². The van der Waals surface area contributed by atoms with Gasteiger partial charge in [0.1, 0.15) is 40.4 Å². The Morgan fingerprint density at radius 1 is 0.550 bits per heavy atom. The summed E-state index contributed by atoms with van der Waals surface area (Å²) >= 11 is 0. The molecule has 210 valence electrons. The van der Waals surface area contributed by atoms with Gasteiger partial charge in [0.15, 0.2) is 11.6 Å². The second kappa shape index (κ2) is 10.4. The third-order valence-electron chi connectivity index (χ3n) is 5.46. The fourth-order valence-electron chi connectivity index (χ4n) is 3.84. The minimum atomic E-state index is -5.19. The Hall–Kier alpha value is -4.29. The van der Waals surface area contributed by atoms with Crippen LogP contribution in [0.15, 0.2) is 60.7 Å². The molecule has 0 spiro atoms. The number of rotatable bonds is 6. The third kappa shape index (κ3) is 5.97. The molecule has 0 heterocycles. The van der Waals surface area contributed by atoms with Gasteiger partial charge in [0.05, 0.1) is 5.56 Å². The molecule has 13 heteroatoms. The Bertz CT molecular complexity index is 1550. The lowest BCUT2D eigenvalue weighted by atomic mass is 10.00. The van der Waals surface area contributed by atoms with Gasteiger partial charge in [-0.1, -0.05) is 6.07 Å². The summed E-state index contributed by atoms with van der Waals surface area (Å²) in [7, 11) is 0. The van der Waals surface area contributed by atoms with Crippen LogP contribution in [0.1, 0.15) is 11.1 Å². The smallest absolute Gasteiger partial charge is 0.429 e. The van der Waals surface area contributed by atoms with E-state index in [2.05, 4.69) is 9.47 Å². The van der Waals surface area contributed by atoms with E-state index >= 15 is 0 Å². The van der Waals surface area contributed by atoms with Crippen LogP contribution in [-0.4, -0.2) is 6.36 Å². The fourth-order valence-corrected chi connectivity index (χ4v) is 3.84. The quantitative estimate of drug-likeness (QED) is 0.213. The molecular weight excluding hydrogens is 565 g/mol. The van der Waals surface area contributed by atoms with Gasteiger partial charge >= 0.3 is 12.5 Å². The van der Waals surface area contributed by atoms with E-state index in [4.69, 9.17) is 0 Å². The first-order chi connectivity index (χ1) is 18.6. The lowest BCUT2D eigenvalue weighted by molar-refractivity contribution is -0.275. The van der Waals surface area contributed by atoms with Crippen molar-refractivity contribution in [3.8, 4) is 33.8 Å². The Kier molecular flexibility index (Phi) is 7.43. The van der Waals surface area contributed by atoms with Gasteiger partial charge in [0.2, 0.25) is 0 Å². The van der Waals surface area contributed by atoms with Gasteiger partial charge in [0.25, 0.3) is 0 Å². The van der Waals surface area contributed by atoms with Crippen LogP contribution in [-0.2, 0) is 6.11 Å². The second-order valence-electron chi connectivity index (χ2n) is 8.37. The second-order valence-corrected chi connectivity index (χ2v) is 8.37. The fraction of sp³-hybridized carbons (Fsp3) is 0.111. The first-order valence-corrected chi connectivity index (χ1v) is 10.9. The maximum Gasteiger partial charge on any atom is 0.573 e. The van der Waals surface area contributed by atoms with Crippen LogP contribution >= 0.6 is 0 Å². The van der Waals surface area contributed by atoms with Gasteiger partial charge in [-0.15, -0.1) is 13.2 Å². The Morgan fingerprint density at radius 2 is 1.12 bits per heavy atom. The first-order valence-electron chi connectivity index (χ1n) is 10.9. The van der Waals surface area contributed by atoms with Gasteiger partial charge in [0, 0.05) is 11.6 Å². The molecule has 0 saturated carbocycles. The highest BCUT2D eigenvalue weighted by Gasteiger charge is 2.41. The summed E-state index contributed by atoms with van der Waals surface area (Å²) in [4.78, 5) is 0. The zero-order chi connectivity index (χ0) is 29.6. The highest BCUT2D eigenvalue weighted by molar-refractivity contribution is 5.67. The molecule has 0 fully saturated rings. The molecule has 4 aromatic rings. The van der Waals surface area contributed by atoms with Crippen molar-refractivity contribution in [2.24, 2.45) is 0 Å². The zero-order valence-corrected chi connectivity index (χ0v) is 19.7. The number of aryl methyl sites for hydroxylation is 1. The molecule has 0 aliphatic heterocycles. The van der Waals surface area contributed by atoms with E-state index in [0.29, 0.717) is 18.2 Å². The van der Waals surface area contributed by atoms with Crippen molar-refractivity contribution in [1.29, 1.82) is 0 Å². The lowest BCUT2D eigenvalue weighted by Crippen LogP contribution is -2.25. The third-order valence-corrected chi connectivity index (χ3v) is 5.46. The summed E-state index contributed by atoms with van der Waals surface area (Å²) in [6.07, 6.45) is -9.95. The maximum absolute atomic E-state index is 14.8. The first kappa shape index (κ1) is 28.7. The number of benzene rings is 4. The molecule has 0 atom stereocenters. The summed E-state index contributed by atoms with van der Waals surface area (Å²) in [6, 6.07) is 6.12. The summed E-state index contributed by atoms with van der Waals surface area (Å²) < 4.78 is 161. The van der Waals surface area contributed by atoms with Crippen molar-refractivity contribution in [3.05, 3.63) is 107 Å². The molecule has 0 radical (unpaired) electrons. The lowest BCUT2D eigenvalue weighted by Gasteiger charge is -2.20. The van der Waals surface area contributed by atoms with Crippen molar-refractivity contribution >= 4 is 0 Å². The Morgan fingerprint density at radius 3 is 1.65 bits per heavy atom. The van der Waals surface area contributed by atoms with Crippen molar-refractivity contribution in [3.63, 3.8) is 0 Å². The number of alkyl halides is 5. The molecule has 0 aliphatic rings. The van der Waals surface area contributed by atoms with Crippen LogP contribution in [0.2, 0.25) is 0 Å². The van der Waals surface area contributed by atoms with Crippen molar-refractivity contribution in [1.82, 2.24) is 0 Å². The highest BCUT2D eigenvalue weighted by Crippen LogP contribution is 2.39. The van der Waals surface area contributed by atoms with Crippen LogP contribution < -0.4 is 9.47 Å². The van der Waals surface area contributed by atoms with Gasteiger partial charge < -0.3 is 9.47 Å². The van der Waals surface area contributed by atoms with Gasteiger partial charge in [-0.05, 0) is 72.1 Å².